The first-order valence-corrected chi connectivity index (χ1v) is 9.57. The molecule has 0 bridgehead atoms. The van der Waals surface area contributed by atoms with Crippen molar-refractivity contribution in [3.8, 4) is 0 Å². The molecule has 6 heteroatoms. The topological polar surface area (TPSA) is 73.1 Å². The molecular weight excluding hydrogens is 354 g/mol. The largest absolute Gasteiger partial charge is 0.352 e. The highest BCUT2D eigenvalue weighted by molar-refractivity contribution is 5.80. The van der Waals surface area contributed by atoms with Gasteiger partial charge in [0.05, 0.1) is 11.0 Å². The Kier molecular flexibility index (Phi) is 6.09. The number of para-hydroxylation sites is 2. The van der Waals surface area contributed by atoms with Gasteiger partial charge < -0.3 is 9.88 Å². The molecule has 146 valence electrons. The highest BCUT2D eigenvalue weighted by Gasteiger charge is 2.15. The third kappa shape index (κ3) is 4.22. The predicted octanol–water partition coefficient (Wildman–Crippen LogP) is 2.32. The van der Waals surface area contributed by atoms with Crippen LogP contribution < -0.4 is 16.4 Å². The van der Waals surface area contributed by atoms with Crippen molar-refractivity contribution in [1.29, 1.82) is 0 Å². The summed E-state index contributed by atoms with van der Waals surface area (Å²) in [6.45, 7) is 3.99. The van der Waals surface area contributed by atoms with Gasteiger partial charge >= 0.3 is 11.1 Å². The van der Waals surface area contributed by atoms with Crippen molar-refractivity contribution in [3.63, 3.8) is 0 Å². The van der Waals surface area contributed by atoms with Crippen LogP contribution in [0.1, 0.15) is 25.8 Å². The van der Waals surface area contributed by atoms with Gasteiger partial charge in [-0.25, -0.2) is 0 Å². The fourth-order valence-corrected chi connectivity index (χ4v) is 3.41. The van der Waals surface area contributed by atoms with E-state index in [2.05, 4.69) is 17.4 Å². The zero-order chi connectivity index (χ0) is 20.1. The summed E-state index contributed by atoms with van der Waals surface area (Å²) < 4.78 is 2.71. The summed E-state index contributed by atoms with van der Waals surface area (Å²) in [5.41, 5.74) is 1.17. The van der Waals surface area contributed by atoms with Gasteiger partial charge in [-0.2, -0.15) is 0 Å². The maximum Gasteiger partial charge on any atom is 0.317 e. The fraction of sp³-hybridized carbons (Fsp3) is 0.318. The number of aryl methyl sites for hydroxylation is 2. The number of carbonyl (C=O) groups excluding carboxylic acids is 1. The molecule has 0 fully saturated rings. The molecule has 0 unspecified atom stereocenters. The predicted molar refractivity (Wildman–Crippen MR) is 111 cm³/mol. The van der Waals surface area contributed by atoms with Crippen molar-refractivity contribution in [2.24, 2.45) is 0 Å². The van der Waals surface area contributed by atoms with Crippen molar-refractivity contribution in [2.75, 3.05) is 0 Å². The maximum atomic E-state index is 12.5. The molecule has 0 saturated heterocycles. The fourth-order valence-electron chi connectivity index (χ4n) is 3.41. The number of nitrogens with zero attached hydrogens (tertiary/aromatic N) is 2. The van der Waals surface area contributed by atoms with Crippen molar-refractivity contribution >= 4 is 16.9 Å². The molecule has 0 saturated carbocycles. The minimum Gasteiger partial charge on any atom is -0.352 e. The molecule has 3 aromatic rings. The molecule has 1 heterocycles. The molecule has 28 heavy (non-hydrogen) atoms. The molecular formula is C22H25N3O3. The van der Waals surface area contributed by atoms with E-state index >= 15 is 0 Å². The number of hydrogen-bond donors (Lipinski definition) is 1. The SMILES string of the molecule is CCn1c(=O)c(=O)n(CC(=O)N[C@H](C)CCc2ccccc2)c2ccccc21. The maximum absolute atomic E-state index is 12.5. The van der Waals surface area contributed by atoms with E-state index in [0.717, 1.165) is 12.8 Å². The van der Waals surface area contributed by atoms with Gasteiger partial charge in [0.1, 0.15) is 6.54 Å². The summed E-state index contributed by atoms with van der Waals surface area (Å²) in [5.74, 6) is -0.276. The van der Waals surface area contributed by atoms with Crippen molar-refractivity contribution in [1.82, 2.24) is 14.5 Å². The standard InChI is InChI=1S/C22H25N3O3/c1-3-24-18-11-7-8-12-19(18)25(22(28)21(24)27)15-20(26)23-16(2)13-14-17-9-5-4-6-10-17/h4-12,16H,3,13-15H2,1-2H3,(H,23,26)/t16-/m1/s1. The quantitative estimate of drug-likeness (QED) is 0.641. The number of amides is 1. The Balaban J connectivity index is 1.75. The Labute approximate surface area is 163 Å². The van der Waals surface area contributed by atoms with E-state index in [9.17, 15) is 14.4 Å². The first-order chi connectivity index (χ1) is 13.5. The first-order valence-electron chi connectivity index (χ1n) is 9.57. The minimum atomic E-state index is -0.673. The summed E-state index contributed by atoms with van der Waals surface area (Å²) in [4.78, 5) is 37.5. The average Bonchev–Trinajstić information content (AvgIpc) is 2.71. The summed E-state index contributed by atoms with van der Waals surface area (Å²) in [5, 5.41) is 2.93. The molecule has 0 spiro atoms. The van der Waals surface area contributed by atoms with Gasteiger partial charge in [-0.05, 0) is 44.4 Å². The van der Waals surface area contributed by atoms with Crippen LogP contribution in [0.3, 0.4) is 0 Å². The summed E-state index contributed by atoms with van der Waals surface area (Å²) in [6, 6.07) is 17.2. The smallest absolute Gasteiger partial charge is 0.317 e. The van der Waals surface area contributed by atoms with Crippen LogP contribution in [-0.4, -0.2) is 21.1 Å². The molecule has 0 aliphatic heterocycles. The van der Waals surface area contributed by atoms with Crippen LogP contribution in [0, 0.1) is 0 Å². The zero-order valence-corrected chi connectivity index (χ0v) is 16.2. The molecule has 6 nitrogen and oxygen atoms in total. The Hall–Kier alpha value is -3.15. The van der Waals surface area contributed by atoms with Gasteiger partial charge in [0.2, 0.25) is 5.91 Å². The van der Waals surface area contributed by atoms with Crippen LogP contribution in [-0.2, 0) is 24.3 Å². The molecule has 3 rings (SSSR count). The Morgan fingerprint density at radius 3 is 2.14 bits per heavy atom. The highest BCUT2D eigenvalue weighted by Crippen LogP contribution is 2.10. The molecule has 0 aliphatic carbocycles. The molecule has 1 atom stereocenters. The lowest BCUT2D eigenvalue weighted by Crippen LogP contribution is -2.44. The van der Waals surface area contributed by atoms with E-state index in [1.807, 2.05) is 38.1 Å². The Morgan fingerprint density at radius 2 is 1.50 bits per heavy atom. The third-order valence-corrected chi connectivity index (χ3v) is 4.87. The van der Waals surface area contributed by atoms with E-state index in [4.69, 9.17) is 0 Å². The molecule has 1 aromatic heterocycles. The van der Waals surface area contributed by atoms with Gasteiger partial charge in [-0.1, -0.05) is 42.5 Å². The van der Waals surface area contributed by atoms with Crippen LogP contribution in [0.5, 0.6) is 0 Å². The number of carbonyl (C=O) groups is 1. The minimum absolute atomic E-state index is 0.0364. The lowest BCUT2D eigenvalue weighted by atomic mass is 10.1. The van der Waals surface area contributed by atoms with Gasteiger partial charge in [-0.15, -0.1) is 0 Å². The monoisotopic (exact) mass is 379 g/mol. The summed E-state index contributed by atoms with van der Waals surface area (Å²) in [6.07, 6.45) is 1.65. The zero-order valence-electron chi connectivity index (χ0n) is 16.2. The van der Waals surface area contributed by atoms with E-state index < -0.39 is 11.1 Å². The lowest BCUT2D eigenvalue weighted by molar-refractivity contribution is -0.122. The number of aromatic nitrogens is 2. The van der Waals surface area contributed by atoms with Crippen LogP contribution in [0.4, 0.5) is 0 Å². The van der Waals surface area contributed by atoms with Crippen LogP contribution in [0.2, 0.25) is 0 Å². The van der Waals surface area contributed by atoms with E-state index in [-0.39, 0.29) is 18.5 Å². The second-order valence-electron chi connectivity index (χ2n) is 6.92. The number of benzene rings is 2. The number of rotatable bonds is 7. The second-order valence-corrected chi connectivity index (χ2v) is 6.92. The molecule has 1 N–H and O–H groups in total. The van der Waals surface area contributed by atoms with Crippen LogP contribution in [0.25, 0.3) is 11.0 Å². The van der Waals surface area contributed by atoms with Crippen molar-refractivity contribution < 1.29 is 4.79 Å². The number of hydrogen-bond acceptors (Lipinski definition) is 3. The van der Waals surface area contributed by atoms with E-state index in [0.29, 0.717) is 17.6 Å². The van der Waals surface area contributed by atoms with Gasteiger partial charge in [0.15, 0.2) is 0 Å². The van der Waals surface area contributed by atoms with Crippen LogP contribution >= 0.6 is 0 Å². The summed E-state index contributed by atoms with van der Waals surface area (Å²) in [7, 11) is 0. The Morgan fingerprint density at radius 1 is 0.929 bits per heavy atom. The van der Waals surface area contributed by atoms with Gasteiger partial charge in [0, 0.05) is 12.6 Å². The molecule has 2 aromatic carbocycles. The van der Waals surface area contributed by atoms with Crippen molar-refractivity contribution in [3.05, 3.63) is 80.9 Å². The van der Waals surface area contributed by atoms with Gasteiger partial charge in [0.25, 0.3) is 0 Å². The highest BCUT2D eigenvalue weighted by atomic mass is 16.2. The first kappa shape index (κ1) is 19.6. The molecule has 0 radical (unpaired) electrons. The normalized spacial score (nSPS) is 12.1. The Bertz CT molecular complexity index is 1080. The number of fused-ring (bicyclic) bond motifs is 1. The second kappa shape index (κ2) is 8.69. The number of nitrogens with one attached hydrogen (secondary N) is 1. The van der Waals surface area contributed by atoms with E-state index in [1.165, 1.54) is 14.7 Å². The third-order valence-electron chi connectivity index (χ3n) is 4.87. The van der Waals surface area contributed by atoms with Crippen LogP contribution in [0.15, 0.2) is 64.2 Å². The lowest BCUT2D eigenvalue weighted by Gasteiger charge is -2.16. The summed E-state index contributed by atoms with van der Waals surface area (Å²) >= 11 is 0. The van der Waals surface area contributed by atoms with E-state index in [1.54, 1.807) is 18.2 Å². The molecule has 0 aliphatic rings. The van der Waals surface area contributed by atoms with Gasteiger partial charge in [-0.3, -0.25) is 19.0 Å². The average molecular weight is 379 g/mol. The molecule has 1 amide bonds. The van der Waals surface area contributed by atoms with Crippen molar-refractivity contribution in [2.45, 2.75) is 45.8 Å².